The molecule has 0 rings (SSSR count). The number of carbonyl (C=O) groups is 1. The summed E-state index contributed by atoms with van der Waals surface area (Å²) in [5.41, 5.74) is 0. The molecule has 0 amide bonds. The molecule has 0 N–H and O–H groups in total. The first kappa shape index (κ1) is 9.62. The molecule has 3 nitrogen and oxygen atoms in total. The molecule has 0 aromatic rings. The molecule has 0 saturated heterocycles. The Balaban J connectivity index is 4.25. The number of aldehydes is 1. The van der Waals surface area contributed by atoms with Gasteiger partial charge in [-0.15, -0.1) is 0 Å². The molecular formula is C6H12O3S. The van der Waals surface area contributed by atoms with Gasteiger partial charge in [0.2, 0.25) is 0 Å². The Morgan fingerprint density at radius 2 is 2.00 bits per heavy atom. The third-order valence-corrected chi connectivity index (χ3v) is 3.65. The van der Waals surface area contributed by atoms with Gasteiger partial charge in [-0.25, -0.2) is 8.42 Å². The zero-order valence-corrected chi connectivity index (χ0v) is 7.02. The SMILES string of the molecule is CCC(C)S(=O)(=O)CC=O. The molecule has 4 heteroatoms. The lowest BCUT2D eigenvalue weighted by molar-refractivity contribution is -0.105. The molecule has 0 heterocycles. The average molecular weight is 164 g/mol. The maximum Gasteiger partial charge on any atom is 0.159 e. The average Bonchev–Trinajstić information content (AvgIpc) is 1.86. The van der Waals surface area contributed by atoms with Gasteiger partial charge in [-0.05, 0) is 13.3 Å². The van der Waals surface area contributed by atoms with E-state index in [1.807, 2.05) is 0 Å². The molecule has 0 aliphatic rings. The highest BCUT2D eigenvalue weighted by molar-refractivity contribution is 7.92. The maximum atomic E-state index is 10.9. The van der Waals surface area contributed by atoms with E-state index >= 15 is 0 Å². The molecule has 0 fully saturated rings. The largest absolute Gasteiger partial charge is 0.302 e. The van der Waals surface area contributed by atoms with Crippen LogP contribution in [0.15, 0.2) is 0 Å². The summed E-state index contributed by atoms with van der Waals surface area (Å²) < 4.78 is 21.9. The van der Waals surface area contributed by atoms with Crippen LogP contribution >= 0.6 is 0 Å². The highest BCUT2D eigenvalue weighted by atomic mass is 32.2. The van der Waals surface area contributed by atoms with E-state index in [-0.39, 0.29) is 5.75 Å². The molecular weight excluding hydrogens is 152 g/mol. The van der Waals surface area contributed by atoms with Crippen LogP contribution in [0.3, 0.4) is 0 Å². The maximum absolute atomic E-state index is 10.9. The van der Waals surface area contributed by atoms with E-state index in [0.717, 1.165) is 0 Å². The van der Waals surface area contributed by atoms with Crippen molar-refractivity contribution in [1.82, 2.24) is 0 Å². The number of carbonyl (C=O) groups excluding carboxylic acids is 1. The Labute approximate surface area is 61.4 Å². The Bertz CT molecular complexity index is 193. The van der Waals surface area contributed by atoms with Crippen molar-refractivity contribution >= 4 is 16.1 Å². The van der Waals surface area contributed by atoms with Crippen LogP contribution < -0.4 is 0 Å². The molecule has 0 spiro atoms. The fourth-order valence-corrected chi connectivity index (χ4v) is 1.54. The monoisotopic (exact) mass is 164 g/mol. The van der Waals surface area contributed by atoms with Crippen LogP contribution in [-0.4, -0.2) is 25.7 Å². The van der Waals surface area contributed by atoms with E-state index in [0.29, 0.717) is 12.7 Å². The van der Waals surface area contributed by atoms with Gasteiger partial charge in [-0.1, -0.05) is 6.92 Å². The minimum atomic E-state index is -3.13. The summed E-state index contributed by atoms with van der Waals surface area (Å²) in [6.07, 6.45) is 0.998. The first-order valence-electron chi connectivity index (χ1n) is 3.19. The van der Waals surface area contributed by atoms with Gasteiger partial charge >= 0.3 is 0 Å². The Hall–Kier alpha value is -0.380. The molecule has 0 aromatic carbocycles. The van der Waals surface area contributed by atoms with Crippen molar-refractivity contribution in [2.24, 2.45) is 0 Å². The van der Waals surface area contributed by atoms with Crippen molar-refractivity contribution in [2.75, 3.05) is 5.75 Å². The molecule has 1 unspecified atom stereocenters. The van der Waals surface area contributed by atoms with Crippen LogP contribution in [-0.2, 0) is 14.6 Å². The van der Waals surface area contributed by atoms with Crippen LogP contribution in [0, 0.1) is 0 Å². The van der Waals surface area contributed by atoms with E-state index in [9.17, 15) is 13.2 Å². The topological polar surface area (TPSA) is 51.2 Å². The summed E-state index contributed by atoms with van der Waals surface area (Å²) in [6, 6.07) is 0. The third-order valence-electron chi connectivity index (χ3n) is 1.49. The third kappa shape index (κ3) is 2.47. The van der Waals surface area contributed by atoms with E-state index in [2.05, 4.69) is 0 Å². The Kier molecular flexibility index (Phi) is 3.57. The van der Waals surface area contributed by atoms with Crippen LogP contribution in [0.5, 0.6) is 0 Å². The van der Waals surface area contributed by atoms with Crippen molar-refractivity contribution in [3.8, 4) is 0 Å². The van der Waals surface area contributed by atoms with Crippen molar-refractivity contribution in [1.29, 1.82) is 0 Å². The second-order valence-electron chi connectivity index (χ2n) is 2.22. The van der Waals surface area contributed by atoms with Gasteiger partial charge in [0.1, 0.15) is 12.0 Å². The lowest BCUT2D eigenvalue weighted by Gasteiger charge is -2.05. The van der Waals surface area contributed by atoms with E-state index in [4.69, 9.17) is 0 Å². The summed E-state index contributed by atoms with van der Waals surface area (Å²) in [6.45, 7) is 3.39. The lowest BCUT2D eigenvalue weighted by Crippen LogP contribution is -2.20. The zero-order chi connectivity index (χ0) is 8.20. The summed E-state index contributed by atoms with van der Waals surface area (Å²) in [4.78, 5) is 9.86. The molecule has 0 radical (unpaired) electrons. The van der Waals surface area contributed by atoms with Gasteiger partial charge < -0.3 is 4.79 Å². The first-order chi connectivity index (χ1) is 4.54. The van der Waals surface area contributed by atoms with Gasteiger partial charge in [-0.2, -0.15) is 0 Å². The van der Waals surface area contributed by atoms with Crippen LogP contribution in [0.25, 0.3) is 0 Å². The van der Waals surface area contributed by atoms with E-state index < -0.39 is 15.1 Å². The van der Waals surface area contributed by atoms with E-state index in [1.165, 1.54) is 0 Å². The van der Waals surface area contributed by atoms with Crippen LogP contribution in [0.1, 0.15) is 20.3 Å². The number of hydrogen-bond donors (Lipinski definition) is 0. The number of hydrogen-bond acceptors (Lipinski definition) is 3. The second-order valence-corrected chi connectivity index (χ2v) is 4.68. The fraction of sp³-hybridized carbons (Fsp3) is 0.833. The van der Waals surface area contributed by atoms with Gasteiger partial charge in [0, 0.05) is 0 Å². The fourth-order valence-electron chi connectivity index (χ4n) is 0.513. The summed E-state index contributed by atoms with van der Waals surface area (Å²) in [5.74, 6) is -0.345. The standard InChI is InChI=1S/C6H12O3S/c1-3-6(2)10(8,9)5-4-7/h4,6H,3,5H2,1-2H3. The normalized spacial score (nSPS) is 14.6. The zero-order valence-electron chi connectivity index (χ0n) is 6.20. The molecule has 10 heavy (non-hydrogen) atoms. The first-order valence-corrected chi connectivity index (χ1v) is 4.91. The van der Waals surface area contributed by atoms with Gasteiger partial charge in [0.25, 0.3) is 0 Å². The molecule has 0 aromatic heterocycles. The van der Waals surface area contributed by atoms with Crippen molar-refractivity contribution < 1.29 is 13.2 Å². The number of rotatable bonds is 4. The molecule has 0 bridgehead atoms. The van der Waals surface area contributed by atoms with Crippen molar-refractivity contribution in [3.63, 3.8) is 0 Å². The molecule has 60 valence electrons. The van der Waals surface area contributed by atoms with Gasteiger partial charge in [0.15, 0.2) is 9.84 Å². The summed E-state index contributed by atoms with van der Waals surface area (Å²) >= 11 is 0. The quantitative estimate of drug-likeness (QED) is 0.565. The molecule has 1 atom stereocenters. The highest BCUT2D eigenvalue weighted by Gasteiger charge is 2.17. The minimum absolute atomic E-state index is 0.345. The predicted octanol–water partition coefficient (Wildman–Crippen LogP) is 0.399. The summed E-state index contributed by atoms with van der Waals surface area (Å²) in [5, 5.41) is -0.391. The summed E-state index contributed by atoms with van der Waals surface area (Å²) in [7, 11) is -3.13. The van der Waals surface area contributed by atoms with Crippen molar-refractivity contribution in [3.05, 3.63) is 0 Å². The van der Waals surface area contributed by atoms with Crippen LogP contribution in [0.4, 0.5) is 0 Å². The Morgan fingerprint density at radius 3 is 2.30 bits per heavy atom. The number of sulfone groups is 1. The van der Waals surface area contributed by atoms with Crippen LogP contribution in [0.2, 0.25) is 0 Å². The Morgan fingerprint density at radius 1 is 1.50 bits per heavy atom. The smallest absolute Gasteiger partial charge is 0.159 e. The predicted molar refractivity (Wildman–Crippen MR) is 39.6 cm³/mol. The second kappa shape index (κ2) is 3.71. The van der Waals surface area contributed by atoms with E-state index in [1.54, 1.807) is 13.8 Å². The van der Waals surface area contributed by atoms with Gasteiger partial charge in [-0.3, -0.25) is 0 Å². The minimum Gasteiger partial charge on any atom is -0.302 e. The molecule has 0 aliphatic heterocycles. The molecule has 0 saturated carbocycles. The highest BCUT2D eigenvalue weighted by Crippen LogP contribution is 2.03. The lowest BCUT2D eigenvalue weighted by atomic mass is 10.4. The van der Waals surface area contributed by atoms with Crippen molar-refractivity contribution in [2.45, 2.75) is 25.5 Å². The molecule has 0 aliphatic carbocycles. The van der Waals surface area contributed by atoms with Gasteiger partial charge in [0.05, 0.1) is 5.25 Å².